The van der Waals surface area contributed by atoms with E-state index in [1.165, 1.54) is 19.3 Å². The van der Waals surface area contributed by atoms with Gasteiger partial charge in [-0.25, -0.2) is 0 Å². The van der Waals surface area contributed by atoms with Crippen molar-refractivity contribution in [2.75, 3.05) is 0 Å². The molecule has 1 saturated carbocycles. The molecule has 0 unspecified atom stereocenters. The van der Waals surface area contributed by atoms with Gasteiger partial charge in [-0.3, -0.25) is 9.59 Å². The monoisotopic (exact) mass is 296 g/mol. The summed E-state index contributed by atoms with van der Waals surface area (Å²) in [6.07, 6.45) is 6.10. The molecule has 0 heterocycles. The van der Waals surface area contributed by atoms with E-state index in [2.05, 4.69) is 6.58 Å². The third-order valence-corrected chi connectivity index (χ3v) is 4.78. The van der Waals surface area contributed by atoms with Gasteiger partial charge in [-0.15, -0.1) is 0 Å². The van der Waals surface area contributed by atoms with Gasteiger partial charge >= 0.3 is 0 Å². The van der Waals surface area contributed by atoms with Gasteiger partial charge in [-0.2, -0.15) is 0 Å². The molecular weight excluding hydrogens is 276 g/mol. The predicted molar refractivity (Wildman–Crippen MR) is 85.1 cm³/mol. The second-order valence-corrected chi connectivity index (χ2v) is 6.20. The molecule has 0 spiro atoms. The molecular formula is C19H20O3. The first-order valence-electron chi connectivity index (χ1n) is 7.88. The van der Waals surface area contributed by atoms with Crippen LogP contribution in [0.5, 0.6) is 0 Å². The van der Waals surface area contributed by atoms with Gasteiger partial charge in [0, 0.05) is 17.5 Å². The van der Waals surface area contributed by atoms with Crippen LogP contribution in [0.2, 0.25) is 0 Å². The van der Waals surface area contributed by atoms with Crippen molar-refractivity contribution in [1.82, 2.24) is 0 Å². The van der Waals surface area contributed by atoms with E-state index in [1.54, 1.807) is 24.3 Å². The SMILES string of the molecule is C=C(CC1=C(O)C(=O)c2ccccc2C1=O)C1CCCCC1. The molecule has 22 heavy (non-hydrogen) atoms. The lowest BCUT2D eigenvalue weighted by Gasteiger charge is -2.25. The van der Waals surface area contributed by atoms with Gasteiger partial charge in [0.25, 0.3) is 0 Å². The van der Waals surface area contributed by atoms with E-state index in [1.807, 2.05) is 0 Å². The topological polar surface area (TPSA) is 54.4 Å². The molecule has 0 aromatic heterocycles. The minimum absolute atomic E-state index is 0.208. The second kappa shape index (κ2) is 5.91. The maximum Gasteiger partial charge on any atom is 0.228 e. The lowest BCUT2D eigenvalue weighted by atomic mass is 9.79. The molecule has 1 aromatic rings. The summed E-state index contributed by atoms with van der Waals surface area (Å²) in [5.74, 6) is -0.707. The molecule has 3 nitrogen and oxygen atoms in total. The Morgan fingerprint density at radius 1 is 1.05 bits per heavy atom. The molecule has 0 atom stereocenters. The highest BCUT2D eigenvalue weighted by Gasteiger charge is 2.32. The number of rotatable bonds is 3. The van der Waals surface area contributed by atoms with Crippen molar-refractivity contribution in [3.8, 4) is 0 Å². The fraction of sp³-hybridized carbons (Fsp3) is 0.368. The number of aliphatic hydroxyl groups is 1. The number of aliphatic hydroxyl groups excluding tert-OH is 1. The van der Waals surface area contributed by atoms with Gasteiger partial charge in [0.15, 0.2) is 11.5 Å². The summed E-state index contributed by atoms with van der Waals surface area (Å²) in [7, 11) is 0. The van der Waals surface area contributed by atoms with Crippen molar-refractivity contribution >= 4 is 11.6 Å². The van der Waals surface area contributed by atoms with Crippen LogP contribution in [0.3, 0.4) is 0 Å². The lowest BCUT2D eigenvalue weighted by Crippen LogP contribution is -2.23. The standard InChI is InChI=1S/C19H20O3/c1-12(13-7-3-2-4-8-13)11-16-17(20)14-9-5-6-10-15(14)18(21)19(16)22/h5-6,9-10,13,22H,1-4,7-8,11H2. The van der Waals surface area contributed by atoms with E-state index in [0.29, 0.717) is 17.9 Å². The van der Waals surface area contributed by atoms with Crippen LogP contribution in [0, 0.1) is 5.92 Å². The molecule has 2 aliphatic rings. The lowest BCUT2D eigenvalue weighted by molar-refractivity contribution is 0.0927. The summed E-state index contributed by atoms with van der Waals surface area (Å²) in [5, 5.41) is 10.2. The Kier molecular flexibility index (Phi) is 3.97. The number of hydrogen-bond donors (Lipinski definition) is 1. The van der Waals surface area contributed by atoms with Gasteiger partial charge in [0.05, 0.1) is 5.57 Å². The molecule has 0 saturated heterocycles. The van der Waals surface area contributed by atoms with Crippen molar-refractivity contribution in [3.63, 3.8) is 0 Å². The summed E-state index contributed by atoms with van der Waals surface area (Å²) in [5.41, 5.74) is 1.84. The Balaban J connectivity index is 1.87. The largest absolute Gasteiger partial charge is 0.504 e. The summed E-state index contributed by atoms with van der Waals surface area (Å²) < 4.78 is 0. The molecule has 1 N–H and O–H groups in total. The molecule has 0 amide bonds. The van der Waals surface area contributed by atoms with E-state index in [9.17, 15) is 14.7 Å². The van der Waals surface area contributed by atoms with Crippen molar-refractivity contribution in [2.24, 2.45) is 5.92 Å². The third-order valence-electron chi connectivity index (χ3n) is 4.78. The van der Waals surface area contributed by atoms with Crippen LogP contribution in [0.25, 0.3) is 0 Å². The van der Waals surface area contributed by atoms with E-state index in [-0.39, 0.29) is 16.9 Å². The van der Waals surface area contributed by atoms with Crippen molar-refractivity contribution in [2.45, 2.75) is 38.5 Å². The predicted octanol–water partition coefficient (Wildman–Crippen LogP) is 4.40. The fourth-order valence-electron chi connectivity index (χ4n) is 3.46. The van der Waals surface area contributed by atoms with Crippen LogP contribution in [-0.2, 0) is 0 Å². The number of hydrogen-bond acceptors (Lipinski definition) is 3. The molecule has 0 bridgehead atoms. The van der Waals surface area contributed by atoms with E-state index < -0.39 is 11.5 Å². The highest BCUT2D eigenvalue weighted by atomic mass is 16.3. The van der Waals surface area contributed by atoms with Crippen LogP contribution >= 0.6 is 0 Å². The first-order chi connectivity index (χ1) is 10.6. The Bertz CT molecular complexity index is 676. The van der Waals surface area contributed by atoms with Crippen LogP contribution in [-0.4, -0.2) is 16.7 Å². The summed E-state index contributed by atoms with van der Waals surface area (Å²) >= 11 is 0. The second-order valence-electron chi connectivity index (χ2n) is 6.20. The quantitative estimate of drug-likeness (QED) is 0.841. The summed E-state index contributed by atoms with van der Waals surface area (Å²) in [6.45, 7) is 4.11. The molecule has 2 aliphatic carbocycles. The molecule has 3 heteroatoms. The highest BCUT2D eigenvalue weighted by Crippen LogP contribution is 2.35. The normalized spacial score (nSPS) is 19.3. The van der Waals surface area contributed by atoms with Gasteiger partial charge < -0.3 is 5.11 Å². The van der Waals surface area contributed by atoms with E-state index >= 15 is 0 Å². The first-order valence-corrected chi connectivity index (χ1v) is 7.88. The zero-order chi connectivity index (χ0) is 15.7. The molecule has 0 aliphatic heterocycles. The Morgan fingerprint density at radius 2 is 1.64 bits per heavy atom. The number of fused-ring (bicyclic) bond motifs is 1. The zero-order valence-electron chi connectivity index (χ0n) is 12.6. The van der Waals surface area contributed by atoms with Crippen molar-refractivity contribution in [3.05, 3.63) is 58.9 Å². The van der Waals surface area contributed by atoms with Crippen molar-refractivity contribution in [1.29, 1.82) is 0 Å². The zero-order valence-corrected chi connectivity index (χ0v) is 12.6. The van der Waals surface area contributed by atoms with E-state index in [4.69, 9.17) is 0 Å². The van der Waals surface area contributed by atoms with Crippen LogP contribution < -0.4 is 0 Å². The maximum atomic E-state index is 12.6. The molecule has 114 valence electrons. The average Bonchev–Trinajstić information content (AvgIpc) is 2.57. The molecule has 1 aromatic carbocycles. The van der Waals surface area contributed by atoms with Crippen LogP contribution in [0.15, 0.2) is 47.7 Å². The first kappa shape index (κ1) is 14.8. The van der Waals surface area contributed by atoms with Crippen LogP contribution in [0.4, 0.5) is 0 Å². The molecule has 1 fully saturated rings. The fourth-order valence-corrected chi connectivity index (χ4v) is 3.46. The Labute approximate surface area is 130 Å². The highest BCUT2D eigenvalue weighted by molar-refractivity contribution is 6.26. The van der Waals surface area contributed by atoms with Crippen LogP contribution in [0.1, 0.15) is 59.2 Å². The average molecular weight is 296 g/mol. The van der Waals surface area contributed by atoms with E-state index in [0.717, 1.165) is 18.4 Å². The van der Waals surface area contributed by atoms with Crippen molar-refractivity contribution < 1.29 is 14.7 Å². The van der Waals surface area contributed by atoms with Gasteiger partial charge in [-0.05, 0) is 18.8 Å². The van der Waals surface area contributed by atoms with Gasteiger partial charge in [0.1, 0.15) is 0 Å². The number of allylic oxidation sites excluding steroid dienone is 3. The van der Waals surface area contributed by atoms with Gasteiger partial charge in [0.2, 0.25) is 5.78 Å². The number of ketones is 2. The molecule has 3 rings (SSSR count). The number of carbonyl (C=O) groups is 2. The summed E-state index contributed by atoms with van der Waals surface area (Å²) in [4.78, 5) is 24.8. The minimum Gasteiger partial charge on any atom is -0.504 e. The third kappa shape index (κ3) is 2.52. The van der Waals surface area contributed by atoms with Gasteiger partial charge in [-0.1, -0.05) is 55.7 Å². The number of benzene rings is 1. The maximum absolute atomic E-state index is 12.6. The smallest absolute Gasteiger partial charge is 0.228 e. The molecule has 0 radical (unpaired) electrons. The minimum atomic E-state index is -0.457. The number of Topliss-reactive ketones (excluding diaryl/α,β-unsaturated/α-hetero) is 2. The Morgan fingerprint density at radius 3 is 2.27 bits per heavy atom. The summed E-state index contributed by atoms with van der Waals surface area (Å²) in [6, 6.07) is 6.66. The number of carbonyl (C=O) groups excluding carboxylic acids is 2. The Hall–Kier alpha value is -2.16.